The maximum Gasteiger partial charge on any atom is 0.325 e. The number of carbonyl (C=O) groups is 1. The highest BCUT2D eigenvalue weighted by Gasteiger charge is 2.49. The van der Waals surface area contributed by atoms with E-state index in [0.717, 1.165) is 54.1 Å². The van der Waals surface area contributed by atoms with Crippen LogP contribution in [0.15, 0.2) is 60.9 Å². The molecule has 3 aromatic rings. The molecular weight excluding hydrogens is 442 g/mol. The van der Waals surface area contributed by atoms with Crippen LogP contribution in [-0.2, 0) is 6.54 Å². The van der Waals surface area contributed by atoms with Gasteiger partial charge in [-0.25, -0.2) is 4.79 Å². The summed E-state index contributed by atoms with van der Waals surface area (Å²) in [7, 11) is 1.64. The van der Waals surface area contributed by atoms with Gasteiger partial charge in [-0.15, -0.1) is 0 Å². The molecule has 1 unspecified atom stereocenters. The van der Waals surface area contributed by atoms with Crippen molar-refractivity contribution in [2.75, 3.05) is 38.3 Å². The number of methoxy groups -OCH3 is 1. The molecule has 1 aliphatic heterocycles. The second-order valence-corrected chi connectivity index (χ2v) is 9.04. The van der Waals surface area contributed by atoms with E-state index < -0.39 is 5.54 Å². The number of aromatic nitrogens is 2. The minimum absolute atomic E-state index is 0.0168. The number of aromatic amines is 1. The molecule has 1 atom stereocenters. The van der Waals surface area contributed by atoms with Crippen molar-refractivity contribution < 1.29 is 14.6 Å². The minimum atomic E-state index is -0.487. The van der Waals surface area contributed by atoms with Crippen LogP contribution < -0.4 is 15.0 Å². The Morgan fingerprint density at radius 2 is 1.97 bits per heavy atom. The summed E-state index contributed by atoms with van der Waals surface area (Å²) in [6, 6.07) is 15.8. The van der Waals surface area contributed by atoms with E-state index >= 15 is 0 Å². The van der Waals surface area contributed by atoms with Crippen LogP contribution in [-0.4, -0.2) is 65.1 Å². The second kappa shape index (κ2) is 11.4. The molecule has 0 bridgehead atoms. The Labute approximate surface area is 206 Å². The SMILES string of the molecule is CCCNCCC1(CCO)CN(c2ccc(-c3cn[nH]c3)cc2)C(=O)N1Cc1cccc(OC)c1. The summed E-state index contributed by atoms with van der Waals surface area (Å²) in [6.45, 7) is 4.84. The van der Waals surface area contributed by atoms with Gasteiger partial charge < -0.3 is 20.1 Å². The van der Waals surface area contributed by atoms with Gasteiger partial charge in [-0.1, -0.05) is 31.2 Å². The van der Waals surface area contributed by atoms with Crippen LogP contribution in [0.25, 0.3) is 11.1 Å². The number of anilines is 1. The fourth-order valence-electron chi connectivity index (χ4n) is 4.81. The van der Waals surface area contributed by atoms with Crippen LogP contribution in [0.2, 0.25) is 0 Å². The summed E-state index contributed by atoms with van der Waals surface area (Å²) in [6.07, 6.45) is 5.95. The lowest BCUT2D eigenvalue weighted by Gasteiger charge is -2.37. The lowest BCUT2D eigenvalue weighted by atomic mass is 9.89. The van der Waals surface area contributed by atoms with Gasteiger partial charge in [0.25, 0.3) is 0 Å². The quantitative estimate of drug-likeness (QED) is 0.342. The maximum atomic E-state index is 13.9. The van der Waals surface area contributed by atoms with Crippen molar-refractivity contribution >= 4 is 11.7 Å². The van der Waals surface area contributed by atoms with E-state index in [9.17, 15) is 9.90 Å². The molecule has 0 aliphatic carbocycles. The molecule has 3 N–H and O–H groups in total. The number of urea groups is 1. The first-order valence-corrected chi connectivity index (χ1v) is 12.2. The van der Waals surface area contributed by atoms with Gasteiger partial charge >= 0.3 is 6.03 Å². The van der Waals surface area contributed by atoms with Gasteiger partial charge in [0.15, 0.2) is 0 Å². The molecule has 8 heteroatoms. The third kappa shape index (κ3) is 5.49. The van der Waals surface area contributed by atoms with E-state index in [1.165, 1.54) is 0 Å². The van der Waals surface area contributed by atoms with E-state index in [2.05, 4.69) is 22.4 Å². The molecule has 1 aliphatic rings. The first-order chi connectivity index (χ1) is 17.1. The van der Waals surface area contributed by atoms with Crippen molar-refractivity contribution in [3.05, 3.63) is 66.5 Å². The smallest absolute Gasteiger partial charge is 0.325 e. The predicted octanol–water partition coefficient (Wildman–Crippen LogP) is 4.04. The summed E-state index contributed by atoms with van der Waals surface area (Å²) < 4.78 is 5.40. The zero-order chi connectivity index (χ0) is 24.7. The summed E-state index contributed by atoms with van der Waals surface area (Å²) in [5.74, 6) is 0.762. The molecule has 2 heterocycles. The van der Waals surface area contributed by atoms with Gasteiger partial charge in [-0.05, 0) is 67.7 Å². The molecular formula is C27H35N5O3. The highest BCUT2D eigenvalue weighted by molar-refractivity contribution is 5.95. The van der Waals surface area contributed by atoms with Crippen molar-refractivity contribution in [1.29, 1.82) is 0 Å². The molecule has 1 saturated heterocycles. The standard InChI is InChI=1S/C27H35N5O3/c1-3-13-28-14-11-27(12-15-33)20-31(24-9-7-22(8-10-24)23-17-29-30-18-23)26(34)32(27)19-21-5-4-6-25(16-21)35-2/h4-10,16-18,28,33H,3,11-15,19-20H2,1-2H3,(H,29,30). The Balaban J connectivity index is 1.64. The van der Waals surface area contributed by atoms with Gasteiger partial charge in [-0.3, -0.25) is 10.00 Å². The summed E-state index contributed by atoms with van der Waals surface area (Å²) in [5, 5.41) is 20.4. The van der Waals surface area contributed by atoms with E-state index in [-0.39, 0.29) is 12.6 Å². The van der Waals surface area contributed by atoms with Crippen molar-refractivity contribution in [1.82, 2.24) is 20.4 Å². The van der Waals surface area contributed by atoms with Gasteiger partial charge in [0, 0.05) is 30.6 Å². The van der Waals surface area contributed by atoms with E-state index in [4.69, 9.17) is 4.74 Å². The number of ether oxygens (including phenoxy) is 1. The van der Waals surface area contributed by atoms with Gasteiger partial charge in [0.2, 0.25) is 0 Å². The minimum Gasteiger partial charge on any atom is -0.497 e. The third-order valence-electron chi connectivity index (χ3n) is 6.74. The van der Waals surface area contributed by atoms with Crippen LogP contribution in [0, 0.1) is 0 Å². The third-order valence-corrected chi connectivity index (χ3v) is 6.74. The van der Waals surface area contributed by atoms with Gasteiger partial charge in [-0.2, -0.15) is 5.10 Å². The molecule has 8 nitrogen and oxygen atoms in total. The molecule has 0 saturated carbocycles. The van der Waals surface area contributed by atoms with Crippen molar-refractivity contribution in [2.45, 2.75) is 38.3 Å². The fourth-order valence-corrected chi connectivity index (χ4v) is 4.81. The summed E-state index contributed by atoms with van der Waals surface area (Å²) in [4.78, 5) is 17.6. The monoisotopic (exact) mass is 477 g/mol. The average molecular weight is 478 g/mol. The van der Waals surface area contributed by atoms with Crippen LogP contribution in [0.1, 0.15) is 31.7 Å². The van der Waals surface area contributed by atoms with Crippen LogP contribution >= 0.6 is 0 Å². The van der Waals surface area contributed by atoms with E-state index in [1.807, 2.05) is 64.5 Å². The predicted molar refractivity (Wildman–Crippen MR) is 138 cm³/mol. The molecule has 1 aromatic heterocycles. The number of hydrogen-bond acceptors (Lipinski definition) is 5. The van der Waals surface area contributed by atoms with Crippen LogP contribution in [0.5, 0.6) is 5.75 Å². The Hall–Kier alpha value is -3.36. The van der Waals surface area contributed by atoms with E-state index in [0.29, 0.717) is 19.5 Å². The first-order valence-electron chi connectivity index (χ1n) is 12.2. The normalized spacial score (nSPS) is 17.9. The highest BCUT2D eigenvalue weighted by atomic mass is 16.5. The number of aliphatic hydroxyl groups is 1. The number of hydrogen-bond donors (Lipinski definition) is 3. The Morgan fingerprint density at radius 3 is 2.66 bits per heavy atom. The number of benzene rings is 2. The number of H-pyrrole nitrogens is 1. The number of rotatable bonds is 12. The Morgan fingerprint density at radius 1 is 1.14 bits per heavy atom. The summed E-state index contributed by atoms with van der Waals surface area (Å²) >= 11 is 0. The van der Waals surface area contributed by atoms with Gasteiger partial charge in [0.05, 0.1) is 25.4 Å². The molecule has 0 radical (unpaired) electrons. The van der Waals surface area contributed by atoms with Crippen LogP contribution in [0.4, 0.5) is 10.5 Å². The van der Waals surface area contributed by atoms with E-state index in [1.54, 1.807) is 13.3 Å². The largest absolute Gasteiger partial charge is 0.497 e. The van der Waals surface area contributed by atoms with Crippen molar-refractivity contribution in [3.8, 4) is 16.9 Å². The lowest BCUT2D eigenvalue weighted by molar-refractivity contribution is 0.110. The highest BCUT2D eigenvalue weighted by Crippen LogP contribution is 2.37. The number of nitrogens with zero attached hydrogens (tertiary/aromatic N) is 3. The maximum absolute atomic E-state index is 13.9. The summed E-state index contributed by atoms with van der Waals surface area (Å²) in [5.41, 5.74) is 3.39. The molecule has 2 aromatic carbocycles. The molecule has 4 rings (SSSR count). The zero-order valence-electron chi connectivity index (χ0n) is 20.5. The zero-order valence-corrected chi connectivity index (χ0v) is 20.5. The van der Waals surface area contributed by atoms with Gasteiger partial charge in [0.1, 0.15) is 5.75 Å². The molecule has 2 amide bonds. The first kappa shape index (κ1) is 24.8. The number of amides is 2. The second-order valence-electron chi connectivity index (χ2n) is 9.04. The Kier molecular flexibility index (Phi) is 8.05. The number of aliphatic hydroxyl groups excluding tert-OH is 1. The van der Waals surface area contributed by atoms with Crippen molar-refractivity contribution in [2.24, 2.45) is 0 Å². The van der Waals surface area contributed by atoms with Crippen molar-refractivity contribution in [3.63, 3.8) is 0 Å². The number of carbonyl (C=O) groups excluding carboxylic acids is 1. The molecule has 186 valence electrons. The fraction of sp³-hybridized carbons (Fsp3) is 0.407. The van der Waals surface area contributed by atoms with Crippen LogP contribution in [0.3, 0.4) is 0 Å². The topological polar surface area (TPSA) is 93.7 Å². The Bertz CT molecular complexity index is 1090. The molecule has 35 heavy (non-hydrogen) atoms. The number of nitrogens with one attached hydrogen (secondary N) is 2. The average Bonchev–Trinajstić information content (AvgIpc) is 3.51. The molecule has 1 fully saturated rings. The molecule has 0 spiro atoms. The lowest BCUT2D eigenvalue weighted by Crippen LogP contribution is -2.49.